The number of hydrogen-bond donors (Lipinski definition) is 2. The fourth-order valence-electron chi connectivity index (χ4n) is 2.49. The van der Waals surface area contributed by atoms with Gasteiger partial charge in [0, 0.05) is 25.4 Å². The Hall–Kier alpha value is -1.92. The molecular weight excluding hydrogens is 284 g/mol. The van der Waals surface area contributed by atoms with Crippen LogP contribution in [-0.2, 0) is 14.3 Å². The molecule has 1 aliphatic heterocycles. The summed E-state index contributed by atoms with van der Waals surface area (Å²) in [5.74, 6) is -0.530. The molecule has 0 bridgehead atoms. The summed E-state index contributed by atoms with van der Waals surface area (Å²) >= 11 is 0. The van der Waals surface area contributed by atoms with Gasteiger partial charge in [0.15, 0.2) is 0 Å². The first-order valence-electron chi connectivity index (χ1n) is 7.48. The van der Waals surface area contributed by atoms with Crippen molar-refractivity contribution in [3.63, 3.8) is 0 Å². The van der Waals surface area contributed by atoms with Crippen molar-refractivity contribution in [1.82, 2.24) is 0 Å². The zero-order chi connectivity index (χ0) is 16.0. The van der Waals surface area contributed by atoms with Crippen LogP contribution in [0.15, 0.2) is 24.3 Å². The van der Waals surface area contributed by atoms with Crippen molar-refractivity contribution >= 4 is 17.6 Å². The SMILES string of the molecule is CCOC(=O)c1cccc(NC(=O)C2(CN)CCOCC2)c1. The highest BCUT2D eigenvalue weighted by Crippen LogP contribution is 2.31. The number of amides is 1. The second kappa shape index (κ2) is 7.38. The summed E-state index contributed by atoms with van der Waals surface area (Å²) in [5.41, 5.74) is 6.20. The molecule has 1 aliphatic rings. The zero-order valence-electron chi connectivity index (χ0n) is 12.8. The van der Waals surface area contributed by atoms with Crippen LogP contribution in [0.1, 0.15) is 30.1 Å². The molecule has 0 aromatic heterocycles. The molecule has 0 atom stereocenters. The summed E-state index contributed by atoms with van der Waals surface area (Å²) in [6, 6.07) is 6.71. The van der Waals surface area contributed by atoms with Crippen LogP contribution in [0.4, 0.5) is 5.69 Å². The molecule has 2 rings (SSSR count). The Morgan fingerprint density at radius 1 is 1.36 bits per heavy atom. The third kappa shape index (κ3) is 3.64. The van der Waals surface area contributed by atoms with E-state index in [2.05, 4.69) is 5.32 Å². The lowest BCUT2D eigenvalue weighted by molar-refractivity contribution is -0.130. The quantitative estimate of drug-likeness (QED) is 0.806. The molecule has 1 amide bonds. The number of ether oxygens (including phenoxy) is 2. The zero-order valence-corrected chi connectivity index (χ0v) is 12.8. The van der Waals surface area contributed by atoms with E-state index in [1.165, 1.54) is 0 Å². The van der Waals surface area contributed by atoms with Crippen LogP contribution in [0.2, 0.25) is 0 Å². The fourth-order valence-corrected chi connectivity index (χ4v) is 2.49. The van der Waals surface area contributed by atoms with E-state index in [9.17, 15) is 9.59 Å². The van der Waals surface area contributed by atoms with Crippen molar-refractivity contribution in [2.75, 3.05) is 31.7 Å². The standard InChI is InChI=1S/C16H22N2O4/c1-2-22-14(19)12-4-3-5-13(10-12)18-15(20)16(11-17)6-8-21-9-7-16/h3-5,10H,2,6-9,11,17H2,1H3,(H,18,20). The molecule has 1 aromatic carbocycles. The van der Waals surface area contributed by atoms with Crippen LogP contribution in [0.3, 0.4) is 0 Å². The smallest absolute Gasteiger partial charge is 0.338 e. The van der Waals surface area contributed by atoms with E-state index in [1.807, 2.05) is 0 Å². The Bertz CT molecular complexity index is 539. The largest absolute Gasteiger partial charge is 0.462 e. The summed E-state index contributed by atoms with van der Waals surface area (Å²) in [7, 11) is 0. The summed E-state index contributed by atoms with van der Waals surface area (Å²) < 4.78 is 10.3. The number of hydrogen-bond acceptors (Lipinski definition) is 5. The number of carbonyl (C=O) groups excluding carboxylic acids is 2. The van der Waals surface area contributed by atoms with E-state index < -0.39 is 11.4 Å². The van der Waals surface area contributed by atoms with E-state index in [1.54, 1.807) is 31.2 Å². The van der Waals surface area contributed by atoms with Crippen molar-refractivity contribution in [1.29, 1.82) is 0 Å². The van der Waals surface area contributed by atoms with Gasteiger partial charge in [-0.15, -0.1) is 0 Å². The molecule has 1 saturated heterocycles. The van der Waals surface area contributed by atoms with Crippen molar-refractivity contribution in [3.8, 4) is 0 Å². The van der Waals surface area contributed by atoms with Gasteiger partial charge in [-0.3, -0.25) is 4.79 Å². The number of nitrogens with one attached hydrogen (secondary N) is 1. The highest BCUT2D eigenvalue weighted by Gasteiger charge is 2.38. The van der Waals surface area contributed by atoms with Crippen LogP contribution in [0.5, 0.6) is 0 Å². The minimum atomic E-state index is -0.599. The third-order valence-electron chi connectivity index (χ3n) is 3.95. The molecule has 0 radical (unpaired) electrons. The molecule has 0 spiro atoms. The lowest BCUT2D eigenvalue weighted by Crippen LogP contribution is -2.46. The first-order valence-corrected chi connectivity index (χ1v) is 7.48. The van der Waals surface area contributed by atoms with Gasteiger partial charge in [0.1, 0.15) is 0 Å². The first kappa shape index (κ1) is 16.5. The van der Waals surface area contributed by atoms with E-state index in [0.29, 0.717) is 43.9 Å². The number of esters is 1. The van der Waals surface area contributed by atoms with E-state index in [0.717, 1.165) is 0 Å². The van der Waals surface area contributed by atoms with Crippen LogP contribution < -0.4 is 11.1 Å². The maximum Gasteiger partial charge on any atom is 0.338 e. The highest BCUT2D eigenvalue weighted by atomic mass is 16.5. The minimum Gasteiger partial charge on any atom is -0.462 e. The summed E-state index contributed by atoms with van der Waals surface area (Å²) in [4.78, 5) is 24.3. The second-order valence-electron chi connectivity index (χ2n) is 5.35. The van der Waals surface area contributed by atoms with Gasteiger partial charge < -0.3 is 20.5 Å². The summed E-state index contributed by atoms with van der Waals surface area (Å²) in [6.07, 6.45) is 1.21. The highest BCUT2D eigenvalue weighted by molar-refractivity contribution is 5.97. The lowest BCUT2D eigenvalue weighted by Gasteiger charge is -2.34. The molecule has 1 fully saturated rings. The van der Waals surface area contributed by atoms with Gasteiger partial charge >= 0.3 is 5.97 Å². The molecule has 6 nitrogen and oxygen atoms in total. The third-order valence-corrected chi connectivity index (χ3v) is 3.95. The maximum atomic E-state index is 12.6. The number of nitrogens with two attached hydrogens (primary N) is 1. The number of carbonyl (C=O) groups is 2. The molecule has 0 unspecified atom stereocenters. The fraction of sp³-hybridized carbons (Fsp3) is 0.500. The normalized spacial score (nSPS) is 16.8. The van der Waals surface area contributed by atoms with E-state index in [-0.39, 0.29) is 12.5 Å². The predicted octanol–water partition coefficient (Wildman–Crippen LogP) is 1.56. The van der Waals surface area contributed by atoms with Gasteiger partial charge in [0.2, 0.25) is 5.91 Å². The van der Waals surface area contributed by atoms with Gasteiger partial charge in [-0.2, -0.15) is 0 Å². The number of anilines is 1. The number of benzene rings is 1. The monoisotopic (exact) mass is 306 g/mol. The average molecular weight is 306 g/mol. The van der Waals surface area contributed by atoms with Crippen molar-refractivity contribution in [2.45, 2.75) is 19.8 Å². The topological polar surface area (TPSA) is 90.7 Å². The molecule has 3 N–H and O–H groups in total. The second-order valence-corrected chi connectivity index (χ2v) is 5.35. The summed E-state index contributed by atoms with van der Waals surface area (Å²) in [6.45, 7) is 3.41. The molecule has 1 heterocycles. The van der Waals surface area contributed by atoms with Gasteiger partial charge in [-0.05, 0) is 38.0 Å². The Kier molecular flexibility index (Phi) is 5.51. The van der Waals surface area contributed by atoms with Gasteiger partial charge in [-0.1, -0.05) is 6.07 Å². The average Bonchev–Trinajstić information content (AvgIpc) is 2.56. The molecule has 0 saturated carbocycles. The van der Waals surface area contributed by atoms with Gasteiger partial charge in [-0.25, -0.2) is 4.79 Å². The van der Waals surface area contributed by atoms with Crippen molar-refractivity contribution in [3.05, 3.63) is 29.8 Å². The van der Waals surface area contributed by atoms with Crippen LogP contribution in [0, 0.1) is 5.41 Å². The lowest BCUT2D eigenvalue weighted by atomic mass is 9.79. The molecule has 120 valence electrons. The van der Waals surface area contributed by atoms with E-state index >= 15 is 0 Å². The number of rotatable bonds is 5. The molecule has 0 aliphatic carbocycles. The Morgan fingerprint density at radius 2 is 2.09 bits per heavy atom. The summed E-state index contributed by atoms with van der Waals surface area (Å²) in [5, 5.41) is 2.86. The Labute approximate surface area is 130 Å². The first-order chi connectivity index (χ1) is 10.6. The molecule has 6 heteroatoms. The van der Waals surface area contributed by atoms with Crippen molar-refractivity contribution in [2.24, 2.45) is 11.1 Å². The maximum absolute atomic E-state index is 12.6. The Morgan fingerprint density at radius 3 is 2.73 bits per heavy atom. The van der Waals surface area contributed by atoms with Gasteiger partial charge in [0.25, 0.3) is 0 Å². The molecule has 1 aromatic rings. The van der Waals surface area contributed by atoms with Crippen LogP contribution in [-0.4, -0.2) is 38.2 Å². The van der Waals surface area contributed by atoms with Crippen LogP contribution >= 0.6 is 0 Å². The van der Waals surface area contributed by atoms with Crippen LogP contribution in [0.25, 0.3) is 0 Å². The minimum absolute atomic E-state index is 0.126. The van der Waals surface area contributed by atoms with E-state index in [4.69, 9.17) is 15.2 Å². The van der Waals surface area contributed by atoms with Crippen molar-refractivity contribution < 1.29 is 19.1 Å². The van der Waals surface area contributed by atoms with Gasteiger partial charge in [0.05, 0.1) is 17.6 Å². The molecular formula is C16H22N2O4. The molecule has 22 heavy (non-hydrogen) atoms. The predicted molar refractivity (Wildman–Crippen MR) is 82.6 cm³/mol. The Balaban J connectivity index is 2.11.